The molecule has 12 heavy (non-hydrogen) atoms. The molecule has 0 spiro atoms. The van der Waals surface area contributed by atoms with Crippen LogP contribution in [0.3, 0.4) is 0 Å². The summed E-state index contributed by atoms with van der Waals surface area (Å²) >= 11 is 0. The van der Waals surface area contributed by atoms with Crippen LogP contribution in [-0.4, -0.2) is 53.4 Å². The standard InChI is InChI=1S/C7H14NO3Si/c1-7-6-8-2-4-9-12(11-7)10-5-3-8/h7H,2-6H2,1H3. The van der Waals surface area contributed by atoms with Gasteiger partial charge in [-0.25, -0.2) is 0 Å². The molecular formula is C7H14NO3Si. The highest BCUT2D eigenvalue weighted by atomic mass is 28.3. The highest BCUT2D eigenvalue weighted by Crippen LogP contribution is 2.09. The summed E-state index contributed by atoms with van der Waals surface area (Å²) < 4.78 is 16.5. The summed E-state index contributed by atoms with van der Waals surface area (Å²) in [6.07, 6.45) is 0.250. The summed E-state index contributed by atoms with van der Waals surface area (Å²) in [4.78, 5) is 2.32. The Balaban J connectivity index is 2.01. The molecule has 3 saturated heterocycles. The Bertz CT molecular complexity index is 134. The number of fused-ring (bicyclic) bond motifs is 6. The molecule has 3 heterocycles. The summed E-state index contributed by atoms with van der Waals surface area (Å²) in [7, 11) is -1.40. The first kappa shape index (κ1) is 8.65. The Kier molecular flexibility index (Phi) is 2.77. The van der Waals surface area contributed by atoms with Crippen LogP contribution in [0.15, 0.2) is 0 Å². The molecule has 2 bridgehead atoms. The third-order valence-corrected chi connectivity index (χ3v) is 3.54. The second-order valence-corrected chi connectivity index (χ2v) is 4.49. The molecule has 0 aromatic heterocycles. The van der Waals surface area contributed by atoms with E-state index in [2.05, 4.69) is 11.8 Å². The fourth-order valence-corrected chi connectivity index (χ4v) is 2.62. The molecule has 0 aromatic carbocycles. The molecule has 4 nitrogen and oxygen atoms in total. The summed E-state index contributed by atoms with van der Waals surface area (Å²) in [6.45, 7) is 6.63. The second-order valence-electron chi connectivity index (χ2n) is 3.18. The maximum Gasteiger partial charge on any atom is 0.578 e. The van der Waals surface area contributed by atoms with Gasteiger partial charge in [0.1, 0.15) is 0 Å². The van der Waals surface area contributed by atoms with Crippen LogP contribution >= 0.6 is 0 Å². The summed E-state index contributed by atoms with van der Waals surface area (Å²) in [6, 6.07) is 0. The molecule has 5 heteroatoms. The molecule has 0 N–H and O–H groups in total. The van der Waals surface area contributed by atoms with E-state index in [0.29, 0.717) is 0 Å². The Morgan fingerprint density at radius 2 is 1.92 bits per heavy atom. The third-order valence-electron chi connectivity index (χ3n) is 2.07. The van der Waals surface area contributed by atoms with Gasteiger partial charge in [-0.3, -0.25) is 4.90 Å². The molecule has 3 fully saturated rings. The number of rotatable bonds is 0. The quantitative estimate of drug-likeness (QED) is 0.490. The smallest absolute Gasteiger partial charge is 0.370 e. The van der Waals surface area contributed by atoms with E-state index in [0.717, 1.165) is 32.8 Å². The van der Waals surface area contributed by atoms with Gasteiger partial charge in [0, 0.05) is 19.6 Å². The zero-order valence-corrected chi connectivity index (χ0v) is 8.28. The van der Waals surface area contributed by atoms with Gasteiger partial charge < -0.3 is 13.3 Å². The predicted molar refractivity (Wildman–Crippen MR) is 44.6 cm³/mol. The minimum absolute atomic E-state index is 0.250. The van der Waals surface area contributed by atoms with E-state index in [9.17, 15) is 0 Å². The van der Waals surface area contributed by atoms with Crippen LogP contribution in [0.4, 0.5) is 0 Å². The Morgan fingerprint density at radius 3 is 2.58 bits per heavy atom. The molecule has 1 unspecified atom stereocenters. The first-order chi connectivity index (χ1) is 5.84. The molecule has 0 saturated carbocycles. The molecule has 0 aliphatic carbocycles. The van der Waals surface area contributed by atoms with E-state index in [1.165, 1.54) is 0 Å². The van der Waals surface area contributed by atoms with Crippen molar-refractivity contribution in [1.82, 2.24) is 4.90 Å². The Morgan fingerprint density at radius 1 is 1.25 bits per heavy atom. The van der Waals surface area contributed by atoms with Crippen molar-refractivity contribution in [3.8, 4) is 0 Å². The fourth-order valence-electron chi connectivity index (χ4n) is 1.49. The van der Waals surface area contributed by atoms with Crippen molar-refractivity contribution in [3.05, 3.63) is 0 Å². The van der Waals surface area contributed by atoms with E-state index < -0.39 is 9.53 Å². The minimum atomic E-state index is -1.40. The lowest BCUT2D eigenvalue weighted by molar-refractivity contribution is -0.0131. The van der Waals surface area contributed by atoms with Gasteiger partial charge >= 0.3 is 9.53 Å². The van der Waals surface area contributed by atoms with E-state index in [1.54, 1.807) is 0 Å². The molecule has 3 aliphatic rings. The molecule has 0 aromatic rings. The monoisotopic (exact) mass is 188 g/mol. The normalized spacial score (nSPS) is 38.8. The van der Waals surface area contributed by atoms with E-state index in [-0.39, 0.29) is 6.10 Å². The average Bonchev–Trinajstić information content (AvgIpc) is 1.91. The van der Waals surface area contributed by atoms with Crippen LogP contribution in [-0.2, 0) is 13.3 Å². The molecular weight excluding hydrogens is 174 g/mol. The minimum Gasteiger partial charge on any atom is -0.370 e. The summed E-state index contributed by atoms with van der Waals surface area (Å²) in [5, 5.41) is 0. The predicted octanol–water partition coefficient (Wildman–Crippen LogP) is -0.261. The Hall–Kier alpha value is 0.0569. The Labute approximate surface area is 74.4 Å². The van der Waals surface area contributed by atoms with Crippen LogP contribution in [0.2, 0.25) is 0 Å². The zero-order chi connectivity index (χ0) is 8.39. The highest BCUT2D eigenvalue weighted by Gasteiger charge is 2.29. The van der Waals surface area contributed by atoms with Gasteiger partial charge in [0.25, 0.3) is 0 Å². The SMILES string of the molecule is CC1CN2CCO[Si](OCC2)O1. The largest absolute Gasteiger partial charge is 0.578 e. The van der Waals surface area contributed by atoms with Crippen LogP contribution < -0.4 is 0 Å². The maximum atomic E-state index is 5.58. The first-order valence-corrected chi connectivity index (χ1v) is 5.58. The van der Waals surface area contributed by atoms with Crippen LogP contribution in [0.5, 0.6) is 0 Å². The summed E-state index contributed by atoms with van der Waals surface area (Å²) in [5.74, 6) is 0. The van der Waals surface area contributed by atoms with Crippen molar-refractivity contribution in [2.24, 2.45) is 0 Å². The first-order valence-electron chi connectivity index (χ1n) is 4.36. The summed E-state index contributed by atoms with van der Waals surface area (Å²) in [5.41, 5.74) is 0. The zero-order valence-electron chi connectivity index (χ0n) is 7.28. The van der Waals surface area contributed by atoms with Gasteiger partial charge in [0.15, 0.2) is 0 Å². The molecule has 3 rings (SSSR count). The third kappa shape index (κ3) is 2.05. The molecule has 3 aliphatic heterocycles. The lowest BCUT2D eigenvalue weighted by atomic mass is 10.3. The second kappa shape index (κ2) is 3.84. The lowest BCUT2D eigenvalue weighted by Gasteiger charge is -2.33. The van der Waals surface area contributed by atoms with Crippen molar-refractivity contribution < 1.29 is 13.3 Å². The molecule has 1 atom stereocenters. The maximum absolute atomic E-state index is 5.58. The molecule has 69 valence electrons. The van der Waals surface area contributed by atoms with Crippen molar-refractivity contribution in [2.75, 3.05) is 32.8 Å². The van der Waals surface area contributed by atoms with Crippen LogP contribution in [0.25, 0.3) is 0 Å². The van der Waals surface area contributed by atoms with Crippen LogP contribution in [0, 0.1) is 0 Å². The topological polar surface area (TPSA) is 30.9 Å². The number of hydrogen-bond acceptors (Lipinski definition) is 4. The molecule has 1 radical (unpaired) electrons. The number of nitrogens with zero attached hydrogens (tertiary/aromatic N) is 1. The van der Waals surface area contributed by atoms with E-state index >= 15 is 0 Å². The van der Waals surface area contributed by atoms with Gasteiger partial charge in [0.05, 0.1) is 19.3 Å². The lowest BCUT2D eigenvalue weighted by Crippen LogP contribution is -2.48. The average molecular weight is 188 g/mol. The van der Waals surface area contributed by atoms with Gasteiger partial charge in [-0.15, -0.1) is 0 Å². The van der Waals surface area contributed by atoms with Crippen molar-refractivity contribution in [2.45, 2.75) is 13.0 Å². The van der Waals surface area contributed by atoms with E-state index in [1.807, 2.05) is 0 Å². The number of hydrogen-bond donors (Lipinski definition) is 0. The fraction of sp³-hybridized carbons (Fsp3) is 1.00. The van der Waals surface area contributed by atoms with E-state index in [4.69, 9.17) is 13.3 Å². The molecule has 0 amide bonds. The van der Waals surface area contributed by atoms with Crippen LogP contribution in [0.1, 0.15) is 6.92 Å². The van der Waals surface area contributed by atoms with Gasteiger partial charge in [-0.05, 0) is 6.92 Å². The van der Waals surface area contributed by atoms with Crippen molar-refractivity contribution in [1.29, 1.82) is 0 Å². The van der Waals surface area contributed by atoms with Crippen molar-refractivity contribution >= 4 is 9.53 Å². The van der Waals surface area contributed by atoms with Gasteiger partial charge in [0.2, 0.25) is 0 Å². The van der Waals surface area contributed by atoms with Crippen molar-refractivity contribution in [3.63, 3.8) is 0 Å². The van der Waals surface area contributed by atoms with Gasteiger partial charge in [-0.1, -0.05) is 0 Å². The van der Waals surface area contributed by atoms with Gasteiger partial charge in [-0.2, -0.15) is 0 Å². The highest BCUT2D eigenvalue weighted by molar-refractivity contribution is 6.36.